The van der Waals surface area contributed by atoms with Crippen molar-refractivity contribution in [1.82, 2.24) is 0 Å². The van der Waals surface area contributed by atoms with Crippen LogP contribution in [0.25, 0.3) is 0 Å². The highest BCUT2D eigenvalue weighted by Gasteiger charge is 2.13. The highest BCUT2D eigenvalue weighted by atomic mass is 31.2. The summed E-state index contributed by atoms with van der Waals surface area (Å²) in [6, 6.07) is 16.4. The summed E-state index contributed by atoms with van der Waals surface area (Å²) in [5.41, 5.74) is 7.69. The molecule has 0 saturated carbocycles. The lowest BCUT2D eigenvalue weighted by molar-refractivity contribution is 0.469. The van der Waals surface area contributed by atoms with Gasteiger partial charge < -0.3 is 9.67 Å². The molecule has 4 heteroatoms. The lowest BCUT2D eigenvalue weighted by Gasteiger charge is -2.15. The first-order valence-corrected chi connectivity index (χ1v) is 12.6. The maximum Gasteiger partial charge on any atom is 0.123 e. The monoisotopic (exact) mass is 410 g/mol. The quantitative estimate of drug-likeness (QED) is 0.474. The van der Waals surface area contributed by atoms with E-state index in [2.05, 4.69) is 26.0 Å². The average Bonchev–Trinajstić information content (AvgIpc) is 2.61. The molecule has 0 atom stereocenters. The highest BCUT2D eigenvalue weighted by molar-refractivity contribution is 7.61. The molecule has 3 rings (SSSR count). The van der Waals surface area contributed by atoms with Crippen LogP contribution >= 0.6 is 7.14 Å². The highest BCUT2D eigenvalue weighted by Crippen LogP contribution is 2.41. The van der Waals surface area contributed by atoms with Crippen LogP contribution in [-0.2, 0) is 23.6 Å². The third kappa shape index (κ3) is 5.81. The summed E-state index contributed by atoms with van der Waals surface area (Å²) in [7, 11) is -2.11. The fraction of sp³-hybridized carbons (Fsp3) is 0.280. The summed E-state index contributed by atoms with van der Waals surface area (Å²) in [6.07, 6.45) is 1.94. The van der Waals surface area contributed by atoms with Gasteiger partial charge in [-0.1, -0.05) is 36.4 Å². The molecule has 0 radical (unpaired) electrons. The van der Waals surface area contributed by atoms with Crippen LogP contribution in [0.3, 0.4) is 0 Å². The second-order valence-electron chi connectivity index (χ2n) is 8.38. The van der Waals surface area contributed by atoms with Crippen molar-refractivity contribution in [3.63, 3.8) is 0 Å². The topological polar surface area (TPSA) is 37.3 Å². The molecule has 0 aliphatic rings. The van der Waals surface area contributed by atoms with Gasteiger partial charge in [-0.05, 0) is 90.7 Å². The van der Waals surface area contributed by atoms with Gasteiger partial charge in [-0.3, -0.25) is 0 Å². The maximum atomic E-state index is 13.1. The van der Waals surface area contributed by atoms with E-state index >= 15 is 0 Å². The van der Waals surface area contributed by atoms with Crippen molar-refractivity contribution in [2.45, 2.75) is 32.9 Å². The molecule has 2 nitrogen and oxygen atoms in total. The molecule has 3 aromatic carbocycles. The van der Waals surface area contributed by atoms with Crippen molar-refractivity contribution >= 4 is 7.14 Å². The predicted octanol–water partition coefficient (Wildman–Crippen LogP) is 6.45. The van der Waals surface area contributed by atoms with Crippen LogP contribution < -0.4 is 0 Å². The Hall–Kier alpha value is -2.38. The first kappa shape index (κ1) is 21.3. The van der Waals surface area contributed by atoms with Crippen LogP contribution in [0.1, 0.15) is 38.9 Å². The maximum absolute atomic E-state index is 13.1. The standard InChI is InChI=1S/C25H28FO2P/c1-17-11-21(16-29(3,4)28)12-18(2)24(17)15-20-7-10-25(27)22(14-20)13-19-5-8-23(26)9-6-19/h5-12,14,27H,13,15-16H2,1-4H3. The van der Waals surface area contributed by atoms with Crippen molar-refractivity contribution < 1.29 is 14.1 Å². The largest absolute Gasteiger partial charge is 0.508 e. The number of hydrogen-bond acceptors (Lipinski definition) is 2. The van der Waals surface area contributed by atoms with Crippen LogP contribution in [0.15, 0.2) is 54.6 Å². The Labute approximate surface area is 172 Å². The lowest BCUT2D eigenvalue weighted by atomic mass is 9.92. The van der Waals surface area contributed by atoms with Crippen molar-refractivity contribution in [2.24, 2.45) is 0 Å². The van der Waals surface area contributed by atoms with Crippen molar-refractivity contribution in [1.29, 1.82) is 0 Å². The summed E-state index contributed by atoms with van der Waals surface area (Å²) >= 11 is 0. The molecule has 1 N–H and O–H groups in total. The summed E-state index contributed by atoms with van der Waals surface area (Å²) in [4.78, 5) is 0. The Kier molecular flexibility index (Phi) is 6.29. The van der Waals surface area contributed by atoms with Crippen LogP contribution in [-0.4, -0.2) is 18.4 Å². The summed E-state index contributed by atoms with van der Waals surface area (Å²) in [6.45, 7) is 7.85. The Balaban J connectivity index is 1.85. The first-order valence-electron chi connectivity index (χ1n) is 9.79. The third-order valence-corrected chi connectivity index (χ3v) is 6.28. The number of benzene rings is 3. The van der Waals surface area contributed by atoms with Gasteiger partial charge in [-0.15, -0.1) is 0 Å². The molecule has 29 heavy (non-hydrogen) atoms. The van der Waals surface area contributed by atoms with Gasteiger partial charge in [0.05, 0.1) is 7.14 Å². The summed E-state index contributed by atoms with van der Waals surface area (Å²) < 4.78 is 25.3. The fourth-order valence-electron chi connectivity index (χ4n) is 3.81. The van der Waals surface area contributed by atoms with E-state index in [9.17, 15) is 14.1 Å². The SMILES string of the molecule is Cc1cc(CP(C)(C)=O)cc(C)c1Cc1ccc(O)c(Cc2ccc(F)cc2)c1. The molecule has 0 aliphatic carbocycles. The van der Waals surface area contributed by atoms with Gasteiger partial charge in [-0.25, -0.2) is 4.39 Å². The van der Waals surface area contributed by atoms with E-state index in [0.717, 1.165) is 28.7 Å². The third-order valence-electron chi connectivity index (χ3n) is 5.15. The zero-order valence-electron chi connectivity index (χ0n) is 17.5. The van der Waals surface area contributed by atoms with Gasteiger partial charge in [0.1, 0.15) is 11.6 Å². The molecular formula is C25H28FO2P. The summed E-state index contributed by atoms with van der Waals surface area (Å²) in [5, 5.41) is 10.3. The number of phenols is 1. The van der Waals surface area contributed by atoms with Crippen molar-refractivity contribution in [2.75, 3.05) is 13.3 Å². The van der Waals surface area contributed by atoms with Gasteiger partial charge in [0.25, 0.3) is 0 Å². The van der Waals surface area contributed by atoms with E-state index < -0.39 is 7.14 Å². The van der Waals surface area contributed by atoms with Gasteiger partial charge in [0.15, 0.2) is 0 Å². The molecule has 152 valence electrons. The number of halogens is 1. The second-order valence-corrected chi connectivity index (χ2v) is 11.8. The second kappa shape index (κ2) is 8.55. The average molecular weight is 410 g/mol. The van der Waals surface area contributed by atoms with Gasteiger partial charge in [0, 0.05) is 12.6 Å². The Morgan fingerprint density at radius 1 is 0.828 bits per heavy atom. The van der Waals surface area contributed by atoms with Crippen LogP contribution in [0, 0.1) is 19.7 Å². The van der Waals surface area contributed by atoms with E-state index in [1.54, 1.807) is 18.2 Å². The Morgan fingerprint density at radius 2 is 1.41 bits per heavy atom. The van der Waals surface area contributed by atoms with Crippen LogP contribution in [0.2, 0.25) is 0 Å². The van der Waals surface area contributed by atoms with Gasteiger partial charge in [-0.2, -0.15) is 0 Å². The predicted molar refractivity (Wildman–Crippen MR) is 119 cm³/mol. The lowest BCUT2D eigenvalue weighted by Crippen LogP contribution is -2.00. The van der Waals surface area contributed by atoms with Crippen molar-refractivity contribution in [3.8, 4) is 5.75 Å². The molecule has 0 spiro atoms. The molecule has 3 aromatic rings. The zero-order valence-corrected chi connectivity index (χ0v) is 18.4. The fourth-order valence-corrected chi connectivity index (χ4v) is 4.87. The number of hydrogen-bond donors (Lipinski definition) is 1. The minimum absolute atomic E-state index is 0.253. The molecular weight excluding hydrogens is 382 g/mol. The van der Waals surface area contributed by atoms with Gasteiger partial charge in [0.2, 0.25) is 0 Å². The number of phenolic OH excluding ortho intramolecular Hbond substituents is 1. The normalized spacial score (nSPS) is 11.6. The smallest absolute Gasteiger partial charge is 0.123 e. The number of aryl methyl sites for hydroxylation is 2. The van der Waals surface area contributed by atoms with Crippen LogP contribution in [0.5, 0.6) is 5.75 Å². The Morgan fingerprint density at radius 3 is 2.00 bits per heavy atom. The minimum Gasteiger partial charge on any atom is -0.508 e. The van der Waals surface area contributed by atoms with E-state index in [1.165, 1.54) is 28.8 Å². The van der Waals surface area contributed by atoms with E-state index in [0.29, 0.717) is 12.6 Å². The Bertz CT molecular complexity index is 1040. The molecule has 0 amide bonds. The number of aromatic hydroxyl groups is 1. The summed E-state index contributed by atoms with van der Waals surface area (Å²) in [5.74, 6) is -0.00729. The molecule has 0 bridgehead atoms. The van der Waals surface area contributed by atoms with Crippen LogP contribution in [0.4, 0.5) is 4.39 Å². The first-order chi connectivity index (χ1) is 13.6. The molecule has 0 aliphatic heterocycles. The molecule has 0 heterocycles. The molecule has 0 aromatic heterocycles. The van der Waals surface area contributed by atoms with Gasteiger partial charge >= 0.3 is 0 Å². The number of rotatable bonds is 6. The molecule has 0 saturated heterocycles. The van der Waals surface area contributed by atoms with Crippen molar-refractivity contribution in [3.05, 3.63) is 99.4 Å². The molecule has 0 fully saturated rings. The van der Waals surface area contributed by atoms with E-state index in [1.807, 2.05) is 25.5 Å². The molecule has 0 unspecified atom stereocenters. The van der Waals surface area contributed by atoms with E-state index in [-0.39, 0.29) is 11.6 Å². The zero-order chi connectivity index (χ0) is 21.2. The van der Waals surface area contributed by atoms with E-state index in [4.69, 9.17) is 0 Å². The minimum atomic E-state index is -2.11.